The molecule has 5 heteroatoms. The molecule has 1 aromatic heterocycles. The van der Waals surface area contributed by atoms with Gasteiger partial charge >= 0.3 is 0 Å². The predicted octanol–water partition coefficient (Wildman–Crippen LogP) is 0.363. The molecule has 1 amide bonds. The van der Waals surface area contributed by atoms with E-state index in [0.717, 1.165) is 0 Å². The van der Waals surface area contributed by atoms with E-state index in [1.807, 2.05) is 6.92 Å². The number of carbonyl (C=O) groups excluding carboxylic acids is 1. The standard InChI is InChI=1S/C10H15N3O2/c1-2-8(14)6-13-9-4-3-7(5-12-9)10(11)15/h3-5,8,14H,2,6H2,1H3,(H2,11,15)(H,12,13). The van der Waals surface area contributed by atoms with Crippen LogP contribution in [0.2, 0.25) is 0 Å². The predicted molar refractivity (Wildman–Crippen MR) is 57.5 cm³/mol. The number of primary amides is 1. The summed E-state index contributed by atoms with van der Waals surface area (Å²) in [5.74, 6) is 0.121. The molecule has 0 saturated heterocycles. The number of rotatable bonds is 5. The zero-order valence-electron chi connectivity index (χ0n) is 8.60. The number of nitrogens with two attached hydrogens (primary N) is 1. The Morgan fingerprint density at radius 3 is 2.87 bits per heavy atom. The summed E-state index contributed by atoms with van der Waals surface area (Å²) in [5, 5.41) is 12.2. The van der Waals surface area contributed by atoms with Crippen molar-refractivity contribution in [2.75, 3.05) is 11.9 Å². The van der Waals surface area contributed by atoms with Gasteiger partial charge in [-0.1, -0.05) is 6.92 Å². The SMILES string of the molecule is CCC(O)CNc1ccc(C(N)=O)cn1. The molecule has 0 aliphatic carbocycles. The number of anilines is 1. The Bertz CT molecular complexity index is 324. The molecule has 0 fully saturated rings. The number of aliphatic hydroxyl groups excluding tert-OH is 1. The highest BCUT2D eigenvalue weighted by Gasteiger charge is 2.02. The molecule has 82 valence electrons. The van der Waals surface area contributed by atoms with Crippen molar-refractivity contribution in [3.8, 4) is 0 Å². The van der Waals surface area contributed by atoms with Crippen molar-refractivity contribution in [1.82, 2.24) is 4.98 Å². The minimum atomic E-state index is -0.498. The highest BCUT2D eigenvalue weighted by Crippen LogP contribution is 2.04. The van der Waals surface area contributed by atoms with Gasteiger partial charge in [0.1, 0.15) is 5.82 Å². The van der Waals surface area contributed by atoms with Gasteiger partial charge in [0.15, 0.2) is 0 Å². The van der Waals surface area contributed by atoms with E-state index < -0.39 is 5.91 Å². The molecule has 5 nitrogen and oxygen atoms in total. The maximum absolute atomic E-state index is 10.7. The van der Waals surface area contributed by atoms with E-state index in [1.54, 1.807) is 12.1 Å². The third-order valence-corrected chi connectivity index (χ3v) is 2.04. The summed E-state index contributed by atoms with van der Waals surface area (Å²) >= 11 is 0. The van der Waals surface area contributed by atoms with Gasteiger partial charge in [0.05, 0.1) is 11.7 Å². The van der Waals surface area contributed by atoms with Crippen LogP contribution in [-0.4, -0.2) is 28.6 Å². The molecule has 15 heavy (non-hydrogen) atoms. The van der Waals surface area contributed by atoms with Crippen LogP contribution in [0.4, 0.5) is 5.82 Å². The van der Waals surface area contributed by atoms with Gasteiger partial charge in [-0.2, -0.15) is 0 Å². The fourth-order valence-corrected chi connectivity index (χ4v) is 1.01. The number of carbonyl (C=O) groups is 1. The summed E-state index contributed by atoms with van der Waals surface area (Å²) in [6.45, 7) is 2.34. The summed E-state index contributed by atoms with van der Waals surface area (Å²) in [6.07, 6.45) is 1.71. The number of amides is 1. The summed E-state index contributed by atoms with van der Waals surface area (Å²) in [5.41, 5.74) is 5.44. The van der Waals surface area contributed by atoms with Crippen molar-refractivity contribution < 1.29 is 9.90 Å². The lowest BCUT2D eigenvalue weighted by Gasteiger charge is -2.09. The minimum Gasteiger partial charge on any atom is -0.391 e. The molecule has 1 aromatic rings. The quantitative estimate of drug-likeness (QED) is 0.653. The number of hydrogen-bond donors (Lipinski definition) is 3. The molecule has 0 bridgehead atoms. The van der Waals surface area contributed by atoms with E-state index in [1.165, 1.54) is 6.20 Å². The van der Waals surface area contributed by atoms with Crippen molar-refractivity contribution in [2.45, 2.75) is 19.4 Å². The molecular weight excluding hydrogens is 194 g/mol. The first-order valence-corrected chi connectivity index (χ1v) is 4.81. The van der Waals surface area contributed by atoms with Crippen LogP contribution in [0.1, 0.15) is 23.7 Å². The number of pyridine rings is 1. The fraction of sp³-hybridized carbons (Fsp3) is 0.400. The Labute approximate surface area is 88.3 Å². The van der Waals surface area contributed by atoms with Crippen LogP contribution in [-0.2, 0) is 0 Å². The molecule has 0 saturated carbocycles. The van der Waals surface area contributed by atoms with Gasteiger partial charge < -0.3 is 16.2 Å². The molecule has 1 rings (SSSR count). The van der Waals surface area contributed by atoms with E-state index in [4.69, 9.17) is 5.73 Å². The monoisotopic (exact) mass is 209 g/mol. The van der Waals surface area contributed by atoms with Gasteiger partial charge in [-0.05, 0) is 18.6 Å². The van der Waals surface area contributed by atoms with E-state index in [-0.39, 0.29) is 6.10 Å². The van der Waals surface area contributed by atoms with Crippen LogP contribution in [0.15, 0.2) is 18.3 Å². The molecule has 0 spiro atoms. The first-order chi connectivity index (χ1) is 7.13. The second-order valence-corrected chi connectivity index (χ2v) is 3.24. The summed E-state index contributed by atoms with van der Waals surface area (Å²) in [7, 11) is 0. The van der Waals surface area contributed by atoms with E-state index in [0.29, 0.717) is 24.3 Å². The Kier molecular flexibility index (Phi) is 4.05. The lowest BCUT2D eigenvalue weighted by atomic mass is 10.2. The van der Waals surface area contributed by atoms with Crippen molar-refractivity contribution in [1.29, 1.82) is 0 Å². The Morgan fingerprint density at radius 1 is 1.67 bits per heavy atom. The number of aromatic nitrogens is 1. The van der Waals surface area contributed by atoms with Crippen LogP contribution in [0, 0.1) is 0 Å². The first kappa shape index (κ1) is 11.5. The third-order valence-electron chi connectivity index (χ3n) is 2.04. The number of nitrogens with zero attached hydrogens (tertiary/aromatic N) is 1. The van der Waals surface area contributed by atoms with Gasteiger partial charge in [-0.25, -0.2) is 4.98 Å². The molecule has 0 aliphatic heterocycles. The van der Waals surface area contributed by atoms with Gasteiger partial charge in [0.25, 0.3) is 0 Å². The van der Waals surface area contributed by atoms with Crippen LogP contribution >= 0.6 is 0 Å². The summed E-state index contributed by atoms with van der Waals surface area (Å²) < 4.78 is 0. The van der Waals surface area contributed by atoms with Crippen LogP contribution in [0.3, 0.4) is 0 Å². The number of aliphatic hydroxyl groups is 1. The average Bonchev–Trinajstić information content (AvgIpc) is 2.26. The highest BCUT2D eigenvalue weighted by atomic mass is 16.3. The Morgan fingerprint density at radius 2 is 2.40 bits per heavy atom. The number of hydrogen-bond acceptors (Lipinski definition) is 4. The van der Waals surface area contributed by atoms with Gasteiger partial charge in [-0.3, -0.25) is 4.79 Å². The van der Waals surface area contributed by atoms with E-state index >= 15 is 0 Å². The molecule has 1 unspecified atom stereocenters. The average molecular weight is 209 g/mol. The van der Waals surface area contributed by atoms with Crippen LogP contribution < -0.4 is 11.1 Å². The summed E-state index contributed by atoms with van der Waals surface area (Å²) in [4.78, 5) is 14.7. The maximum atomic E-state index is 10.7. The van der Waals surface area contributed by atoms with Gasteiger partial charge in [0, 0.05) is 12.7 Å². The lowest BCUT2D eigenvalue weighted by molar-refractivity contribution is 0.1000. The Balaban J connectivity index is 2.53. The third kappa shape index (κ3) is 3.55. The smallest absolute Gasteiger partial charge is 0.250 e. The van der Waals surface area contributed by atoms with Crippen molar-refractivity contribution >= 4 is 11.7 Å². The van der Waals surface area contributed by atoms with Gasteiger partial charge in [0.2, 0.25) is 5.91 Å². The fourth-order valence-electron chi connectivity index (χ4n) is 1.01. The first-order valence-electron chi connectivity index (χ1n) is 4.81. The van der Waals surface area contributed by atoms with Crippen molar-refractivity contribution in [3.63, 3.8) is 0 Å². The largest absolute Gasteiger partial charge is 0.391 e. The molecule has 0 aliphatic rings. The second kappa shape index (κ2) is 5.31. The molecule has 0 radical (unpaired) electrons. The molecule has 0 aromatic carbocycles. The molecular formula is C10H15N3O2. The molecule has 1 heterocycles. The molecule has 4 N–H and O–H groups in total. The lowest BCUT2D eigenvalue weighted by Crippen LogP contribution is -2.19. The van der Waals surface area contributed by atoms with Crippen LogP contribution in [0.5, 0.6) is 0 Å². The second-order valence-electron chi connectivity index (χ2n) is 3.24. The number of nitrogens with one attached hydrogen (secondary N) is 1. The molecule has 1 atom stereocenters. The Hall–Kier alpha value is -1.62. The maximum Gasteiger partial charge on any atom is 0.250 e. The zero-order chi connectivity index (χ0) is 11.3. The van der Waals surface area contributed by atoms with Crippen molar-refractivity contribution in [3.05, 3.63) is 23.9 Å². The van der Waals surface area contributed by atoms with E-state index in [2.05, 4.69) is 10.3 Å². The topological polar surface area (TPSA) is 88.2 Å². The minimum absolute atomic E-state index is 0.372. The summed E-state index contributed by atoms with van der Waals surface area (Å²) in [6, 6.07) is 3.25. The van der Waals surface area contributed by atoms with E-state index in [9.17, 15) is 9.90 Å². The zero-order valence-corrected chi connectivity index (χ0v) is 8.60. The van der Waals surface area contributed by atoms with Crippen molar-refractivity contribution in [2.24, 2.45) is 5.73 Å². The normalized spacial score (nSPS) is 12.1. The highest BCUT2D eigenvalue weighted by molar-refractivity contribution is 5.92. The van der Waals surface area contributed by atoms with Gasteiger partial charge in [-0.15, -0.1) is 0 Å². The van der Waals surface area contributed by atoms with Crippen LogP contribution in [0.25, 0.3) is 0 Å².